The van der Waals surface area contributed by atoms with Crippen molar-refractivity contribution in [1.29, 1.82) is 0 Å². The molecule has 1 aromatic rings. The Bertz CT molecular complexity index is 977. The van der Waals surface area contributed by atoms with Crippen LogP contribution in [-0.4, -0.2) is 45.6 Å². The number of aliphatic hydroxyl groups is 1. The normalized spacial score (nSPS) is 29.5. The van der Waals surface area contributed by atoms with E-state index >= 15 is 0 Å². The van der Waals surface area contributed by atoms with Crippen LogP contribution in [0.1, 0.15) is 56.3 Å². The van der Waals surface area contributed by atoms with Crippen molar-refractivity contribution in [2.75, 3.05) is 13.2 Å². The van der Waals surface area contributed by atoms with Crippen LogP contribution in [0, 0.1) is 17.8 Å². The summed E-state index contributed by atoms with van der Waals surface area (Å²) in [6, 6.07) is 2.96. The number of carbonyl (C=O) groups excluding carboxylic acids is 2. The number of rotatable bonds is 5. The number of aromatic nitrogens is 1. The molecule has 5 rings (SSSR count). The number of hydrogen-bond acceptors (Lipinski definition) is 4. The highest BCUT2D eigenvalue weighted by atomic mass is 16.3. The number of pyridine rings is 1. The van der Waals surface area contributed by atoms with Gasteiger partial charge in [-0.2, -0.15) is 0 Å². The number of fused-ring (bicyclic) bond motifs is 4. The van der Waals surface area contributed by atoms with Gasteiger partial charge in [0.25, 0.3) is 5.56 Å². The summed E-state index contributed by atoms with van der Waals surface area (Å²) in [7, 11) is 0. The lowest BCUT2D eigenvalue weighted by Crippen LogP contribution is -2.50. The van der Waals surface area contributed by atoms with Crippen molar-refractivity contribution < 1.29 is 14.7 Å². The molecule has 7 heteroatoms. The Morgan fingerprint density at radius 2 is 2.07 bits per heavy atom. The van der Waals surface area contributed by atoms with Crippen LogP contribution < -0.4 is 10.9 Å². The first-order valence-corrected chi connectivity index (χ1v) is 11.2. The summed E-state index contributed by atoms with van der Waals surface area (Å²) in [4.78, 5) is 41.5. The van der Waals surface area contributed by atoms with E-state index in [4.69, 9.17) is 0 Å². The van der Waals surface area contributed by atoms with E-state index in [-0.39, 0.29) is 41.9 Å². The van der Waals surface area contributed by atoms with Gasteiger partial charge in [-0.3, -0.25) is 14.4 Å². The lowest BCUT2D eigenvalue weighted by atomic mass is 9.86. The van der Waals surface area contributed by atoms with Crippen molar-refractivity contribution >= 4 is 17.4 Å². The van der Waals surface area contributed by atoms with E-state index in [1.165, 1.54) is 0 Å². The quantitative estimate of drug-likeness (QED) is 0.767. The smallest absolute Gasteiger partial charge is 0.258 e. The van der Waals surface area contributed by atoms with Gasteiger partial charge in [0.1, 0.15) is 0 Å². The molecule has 4 atom stereocenters. The highest BCUT2D eigenvalue weighted by molar-refractivity contribution is 5.86. The molecule has 0 spiro atoms. The second-order valence-electron chi connectivity index (χ2n) is 9.01. The molecular weight excluding hydrogens is 382 g/mol. The summed E-state index contributed by atoms with van der Waals surface area (Å²) in [5.74, 6) is -0.994. The number of aliphatic hydroxyl groups excluding tert-OH is 1. The van der Waals surface area contributed by atoms with Crippen LogP contribution in [0.4, 0.5) is 0 Å². The van der Waals surface area contributed by atoms with Gasteiger partial charge in [-0.1, -0.05) is 6.08 Å². The van der Waals surface area contributed by atoms with Crippen molar-refractivity contribution in [2.24, 2.45) is 17.8 Å². The molecule has 2 bridgehead atoms. The fraction of sp³-hybridized carbons (Fsp3) is 0.609. The van der Waals surface area contributed by atoms with E-state index < -0.39 is 12.0 Å². The van der Waals surface area contributed by atoms with E-state index in [9.17, 15) is 19.5 Å². The van der Waals surface area contributed by atoms with Crippen molar-refractivity contribution in [3.8, 4) is 0 Å². The predicted molar refractivity (Wildman–Crippen MR) is 111 cm³/mol. The van der Waals surface area contributed by atoms with Crippen molar-refractivity contribution in [1.82, 2.24) is 14.8 Å². The SMILES string of the molecule is CCNC(=O)[C@@H]1[C@@H](CO)[C@@H]2Cn3c(ccc(C4=CCCC4)c3=O)[C@H]1N2C(=O)C1CC1. The second kappa shape index (κ2) is 7.38. The predicted octanol–water partition coefficient (Wildman–Crippen LogP) is 1.45. The van der Waals surface area contributed by atoms with Crippen LogP contribution >= 0.6 is 0 Å². The fourth-order valence-electron chi connectivity index (χ4n) is 5.70. The molecule has 7 nitrogen and oxygen atoms in total. The molecule has 1 aromatic heterocycles. The monoisotopic (exact) mass is 411 g/mol. The Labute approximate surface area is 175 Å². The van der Waals surface area contributed by atoms with Gasteiger partial charge in [0.15, 0.2) is 0 Å². The average Bonchev–Trinajstić information content (AvgIpc) is 3.39. The van der Waals surface area contributed by atoms with Gasteiger partial charge in [0.2, 0.25) is 11.8 Å². The van der Waals surface area contributed by atoms with Crippen LogP contribution in [0.3, 0.4) is 0 Å². The maximum atomic E-state index is 13.4. The van der Waals surface area contributed by atoms with E-state index in [1.54, 1.807) is 4.57 Å². The van der Waals surface area contributed by atoms with Crippen LogP contribution in [0.25, 0.3) is 5.57 Å². The zero-order valence-electron chi connectivity index (χ0n) is 17.3. The van der Waals surface area contributed by atoms with E-state index in [2.05, 4.69) is 11.4 Å². The van der Waals surface area contributed by atoms with Gasteiger partial charge in [-0.05, 0) is 56.7 Å². The molecule has 0 aromatic carbocycles. The maximum Gasteiger partial charge on any atom is 0.258 e. The van der Waals surface area contributed by atoms with Gasteiger partial charge in [-0.15, -0.1) is 0 Å². The molecule has 2 aliphatic heterocycles. The minimum Gasteiger partial charge on any atom is -0.396 e. The molecule has 1 saturated carbocycles. The highest BCUT2D eigenvalue weighted by Crippen LogP contribution is 2.50. The largest absolute Gasteiger partial charge is 0.396 e. The van der Waals surface area contributed by atoms with Gasteiger partial charge >= 0.3 is 0 Å². The first-order valence-electron chi connectivity index (χ1n) is 11.2. The summed E-state index contributed by atoms with van der Waals surface area (Å²) in [5.41, 5.74) is 2.51. The number of allylic oxidation sites excluding steroid dienone is 2. The Morgan fingerprint density at radius 1 is 1.27 bits per heavy atom. The Morgan fingerprint density at radius 3 is 2.70 bits per heavy atom. The van der Waals surface area contributed by atoms with Gasteiger partial charge in [0, 0.05) is 42.8 Å². The summed E-state index contributed by atoms with van der Waals surface area (Å²) < 4.78 is 1.77. The average molecular weight is 412 g/mol. The van der Waals surface area contributed by atoms with Gasteiger partial charge in [0.05, 0.1) is 18.0 Å². The highest BCUT2D eigenvalue weighted by Gasteiger charge is 2.58. The zero-order valence-corrected chi connectivity index (χ0v) is 17.3. The Kier molecular flexibility index (Phi) is 4.81. The Balaban J connectivity index is 1.63. The minimum atomic E-state index is -0.549. The third kappa shape index (κ3) is 2.86. The van der Waals surface area contributed by atoms with Crippen molar-refractivity contribution in [3.63, 3.8) is 0 Å². The molecule has 0 unspecified atom stereocenters. The van der Waals surface area contributed by atoms with Crippen molar-refractivity contribution in [2.45, 2.75) is 57.7 Å². The summed E-state index contributed by atoms with van der Waals surface area (Å²) >= 11 is 0. The lowest BCUT2D eigenvalue weighted by Gasteiger charge is -2.38. The summed E-state index contributed by atoms with van der Waals surface area (Å²) in [6.45, 7) is 2.50. The third-order valence-corrected chi connectivity index (χ3v) is 7.27. The molecule has 3 heterocycles. The lowest BCUT2D eigenvalue weighted by molar-refractivity contribution is -0.138. The van der Waals surface area contributed by atoms with Crippen LogP contribution in [0.2, 0.25) is 0 Å². The molecule has 2 amide bonds. The second-order valence-corrected chi connectivity index (χ2v) is 9.01. The number of amides is 2. The topological polar surface area (TPSA) is 91.6 Å². The maximum absolute atomic E-state index is 13.4. The molecular formula is C23H29N3O4. The first kappa shape index (κ1) is 19.5. The molecule has 1 saturated heterocycles. The van der Waals surface area contributed by atoms with Gasteiger partial charge < -0.3 is 19.9 Å². The molecule has 4 aliphatic rings. The van der Waals surface area contributed by atoms with Gasteiger partial charge in [-0.25, -0.2) is 0 Å². The molecule has 30 heavy (non-hydrogen) atoms. The summed E-state index contributed by atoms with van der Waals surface area (Å²) in [6.07, 6.45) is 6.87. The van der Waals surface area contributed by atoms with E-state index in [0.29, 0.717) is 13.1 Å². The van der Waals surface area contributed by atoms with Crippen LogP contribution in [0.5, 0.6) is 0 Å². The number of nitrogens with one attached hydrogen (secondary N) is 1. The van der Waals surface area contributed by atoms with E-state index in [0.717, 1.165) is 48.9 Å². The molecule has 2 N–H and O–H groups in total. The standard InChI is InChI=1S/C23H29N3O4/c1-2-24-21(28)19-16(12-27)18-11-25-17(20(19)26(18)22(29)14-7-8-14)10-9-15(23(25)30)13-5-3-4-6-13/h5,9-10,14,16,18-20,27H,2-4,6-8,11-12H2,1H3,(H,24,28)/t16-,18-,19+,20+/m0/s1. The Hall–Kier alpha value is -2.41. The number of carbonyl (C=O) groups is 2. The number of nitrogens with zero attached hydrogens (tertiary/aromatic N) is 2. The molecule has 2 aliphatic carbocycles. The molecule has 160 valence electrons. The minimum absolute atomic E-state index is 0.0171. The zero-order chi connectivity index (χ0) is 21.0. The fourth-order valence-corrected chi connectivity index (χ4v) is 5.70. The number of hydrogen-bond donors (Lipinski definition) is 2. The molecule has 2 fully saturated rings. The van der Waals surface area contributed by atoms with Crippen LogP contribution in [-0.2, 0) is 16.1 Å². The van der Waals surface area contributed by atoms with Crippen molar-refractivity contribution in [3.05, 3.63) is 39.8 Å². The van der Waals surface area contributed by atoms with E-state index in [1.807, 2.05) is 24.0 Å². The third-order valence-electron chi connectivity index (χ3n) is 7.27. The summed E-state index contributed by atoms with van der Waals surface area (Å²) in [5, 5.41) is 13.1. The first-order chi connectivity index (χ1) is 14.6. The van der Waals surface area contributed by atoms with Crippen LogP contribution in [0.15, 0.2) is 23.0 Å². The molecule has 0 radical (unpaired) electrons.